The predicted octanol–water partition coefficient (Wildman–Crippen LogP) is 2.64. The molecule has 0 bridgehead atoms. The van der Waals surface area contributed by atoms with Gasteiger partial charge in [0.15, 0.2) is 0 Å². The zero-order chi connectivity index (χ0) is 13.4. The highest BCUT2D eigenvalue weighted by Gasteiger charge is 2.11. The van der Waals surface area contributed by atoms with E-state index in [2.05, 4.69) is 10.3 Å². The Morgan fingerprint density at radius 3 is 2.58 bits per heavy atom. The molecule has 0 radical (unpaired) electrons. The minimum Gasteiger partial charge on any atom is -0.258 e. The second-order valence-electron chi connectivity index (χ2n) is 4.27. The third-order valence-corrected chi connectivity index (χ3v) is 2.92. The summed E-state index contributed by atoms with van der Waals surface area (Å²) in [6.07, 6.45) is 0. The summed E-state index contributed by atoms with van der Waals surface area (Å²) >= 11 is 0. The summed E-state index contributed by atoms with van der Waals surface area (Å²) in [7, 11) is 0. The Kier molecular flexibility index (Phi) is 2.49. The largest absolute Gasteiger partial charge is 0.271 e. The molecular weight excluding hydrogens is 244 g/mol. The second kappa shape index (κ2) is 4.16. The van der Waals surface area contributed by atoms with Crippen LogP contribution in [0.1, 0.15) is 5.56 Å². The minimum atomic E-state index is -0.440. The second-order valence-corrected chi connectivity index (χ2v) is 4.27. The van der Waals surface area contributed by atoms with Crippen LogP contribution in [0.4, 0.5) is 5.69 Å². The van der Waals surface area contributed by atoms with Crippen molar-refractivity contribution in [1.82, 2.24) is 15.0 Å². The fourth-order valence-corrected chi connectivity index (χ4v) is 1.90. The molecule has 0 saturated heterocycles. The van der Waals surface area contributed by atoms with Crippen molar-refractivity contribution in [3.8, 4) is 5.69 Å². The first-order valence-electron chi connectivity index (χ1n) is 5.72. The monoisotopic (exact) mass is 254 g/mol. The van der Waals surface area contributed by atoms with E-state index in [9.17, 15) is 10.1 Å². The lowest BCUT2D eigenvalue weighted by molar-refractivity contribution is -0.384. The summed E-state index contributed by atoms with van der Waals surface area (Å²) in [5.41, 5.74) is 3.30. The summed E-state index contributed by atoms with van der Waals surface area (Å²) in [5.74, 6) is 0. The molecule has 94 valence electrons. The molecule has 0 amide bonds. The van der Waals surface area contributed by atoms with Crippen LogP contribution in [-0.4, -0.2) is 19.9 Å². The van der Waals surface area contributed by atoms with Gasteiger partial charge in [-0.1, -0.05) is 22.9 Å². The molecule has 3 aromatic rings. The molecule has 6 nitrogen and oxygen atoms in total. The zero-order valence-electron chi connectivity index (χ0n) is 10.1. The lowest BCUT2D eigenvalue weighted by atomic mass is 10.2. The molecule has 0 aliphatic rings. The Bertz CT molecular complexity index is 762. The Balaban J connectivity index is 2.15. The summed E-state index contributed by atoms with van der Waals surface area (Å²) in [6, 6.07) is 12.4. The standard InChI is InChI=1S/C13H10N4O2/c1-9-2-4-10(5-3-9)16-13-7-6-11(17(18)19)8-12(13)14-15-16/h2-8H,1H3. The van der Waals surface area contributed by atoms with Crippen molar-refractivity contribution in [1.29, 1.82) is 0 Å². The lowest BCUT2D eigenvalue weighted by Gasteiger charge is -2.02. The van der Waals surface area contributed by atoms with Crippen LogP contribution in [0.3, 0.4) is 0 Å². The van der Waals surface area contributed by atoms with Crippen LogP contribution >= 0.6 is 0 Å². The third-order valence-electron chi connectivity index (χ3n) is 2.92. The van der Waals surface area contributed by atoms with E-state index < -0.39 is 4.92 Å². The normalized spacial score (nSPS) is 10.8. The Labute approximate surface area is 108 Å². The Morgan fingerprint density at radius 2 is 1.89 bits per heavy atom. The van der Waals surface area contributed by atoms with E-state index in [1.165, 1.54) is 12.1 Å². The van der Waals surface area contributed by atoms with E-state index in [-0.39, 0.29) is 5.69 Å². The highest BCUT2D eigenvalue weighted by molar-refractivity contribution is 5.78. The van der Waals surface area contributed by atoms with Crippen molar-refractivity contribution in [3.63, 3.8) is 0 Å². The summed E-state index contributed by atoms with van der Waals surface area (Å²) in [5, 5.41) is 18.7. The fourth-order valence-electron chi connectivity index (χ4n) is 1.90. The Hall–Kier alpha value is -2.76. The fraction of sp³-hybridized carbons (Fsp3) is 0.0769. The number of fused-ring (bicyclic) bond motifs is 1. The summed E-state index contributed by atoms with van der Waals surface area (Å²) in [6.45, 7) is 2.01. The summed E-state index contributed by atoms with van der Waals surface area (Å²) < 4.78 is 1.67. The number of non-ortho nitro benzene ring substituents is 1. The van der Waals surface area contributed by atoms with Crippen molar-refractivity contribution >= 4 is 16.7 Å². The van der Waals surface area contributed by atoms with Crippen LogP contribution in [0, 0.1) is 17.0 Å². The van der Waals surface area contributed by atoms with Gasteiger partial charge >= 0.3 is 0 Å². The molecule has 0 aliphatic carbocycles. The van der Waals surface area contributed by atoms with Crippen molar-refractivity contribution < 1.29 is 4.92 Å². The van der Waals surface area contributed by atoms with Gasteiger partial charge in [-0.3, -0.25) is 10.1 Å². The molecule has 2 aromatic carbocycles. The highest BCUT2D eigenvalue weighted by Crippen LogP contribution is 2.21. The van der Waals surface area contributed by atoms with E-state index in [1.54, 1.807) is 10.7 Å². The van der Waals surface area contributed by atoms with Gasteiger partial charge in [0.1, 0.15) is 5.52 Å². The molecule has 0 unspecified atom stereocenters. The Morgan fingerprint density at radius 1 is 1.16 bits per heavy atom. The average Bonchev–Trinajstić information content (AvgIpc) is 2.82. The van der Waals surface area contributed by atoms with Gasteiger partial charge in [0.2, 0.25) is 0 Å². The maximum atomic E-state index is 10.7. The van der Waals surface area contributed by atoms with E-state index >= 15 is 0 Å². The van der Waals surface area contributed by atoms with Crippen LogP contribution in [-0.2, 0) is 0 Å². The smallest absolute Gasteiger partial charge is 0.258 e. The van der Waals surface area contributed by atoms with Crippen LogP contribution < -0.4 is 0 Å². The lowest BCUT2D eigenvalue weighted by Crippen LogP contribution is -1.96. The minimum absolute atomic E-state index is 0.0171. The van der Waals surface area contributed by atoms with Gasteiger partial charge in [0.25, 0.3) is 5.69 Å². The number of aryl methyl sites for hydroxylation is 1. The van der Waals surface area contributed by atoms with Gasteiger partial charge < -0.3 is 0 Å². The van der Waals surface area contributed by atoms with Crippen LogP contribution in [0.2, 0.25) is 0 Å². The van der Waals surface area contributed by atoms with Gasteiger partial charge in [0.05, 0.1) is 16.1 Å². The van der Waals surface area contributed by atoms with E-state index in [4.69, 9.17) is 0 Å². The predicted molar refractivity (Wildman–Crippen MR) is 70.3 cm³/mol. The first-order chi connectivity index (χ1) is 9.15. The zero-order valence-corrected chi connectivity index (χ0v) is 10.1. The van der Waals surface area contributed by atoms with Gasteiger partial charge in [0, 0.05) is 12.1 Å². The quantitative estimate of drug-likeness (QED) is 0.520. The third kappa shape index (κ3) is 1.93. The average molecular weight is 254 g/mol. The SMILES string of the molecule is Cc1ccc(-n2nnc3cc([N+](=O)[O-])ccc32)cc1. The molecule has 3 rings (SSSR count). The molecule has 0 fully saturated rings. The molecule has 1 aromatic heterocycles. The number of nitrogens with zero attached hydrogens (tertiary/aromatic N) is 4. The summed E-state index contributed by atoms with van der Waals surface area (Å²) in [4.78, 5) is 10.3. The van der Waals surface area contributed by atoms with E-state index in [1.807, 2.05) is 31.2 Å². The number of nitro benzene ring substituents is 1. The van der Waals surface area contributed by atoms with E-state index in [0.717, 1.165) is 16.8 Å². The molecule has 0 saturated carbocycles. The first kappa shape index (κ1) is 11.3. The maximum Gasteiger partial charge on any atom is 0.271 e. The number of hydrogen-bond donors (Lipinski definition) is 0. The molecule has 0 spiro atoms. The van der Waals surface area contributed by atoms with Gasteiger partial charge in [-0.15, -0.1) is 5.10 Å². The highest BCUT2D eigenvalue weighted by atomic mass is 16.6. The van der Waals surface area contributed by atoms with Crippen molar-refractivity contribution in [2.45, 2.75) is 6.92 Å². The van der Waals surface area contributed by atoms with Gasteiger partial charge in [-0.2, -0.15) is 0 Å². The number of rotatable bonds is 2. The number of nitro groups is 1. The molecule has 0 aliphatic heterocycles. The number of benzene rings is 2. The molecule has 6 heteroatoms. The van der Waals surface area contributed by atoms with Crippen LogP contribution in [0.15, 0.2) is 42.5 Å². The molecule has 19 heavy (non-hydrogen) atoms. The van der Waals surface area contributed by atoms with Crippen molar-refractivity contribution in [2.24, 2.45) is 0 Å². The van der Waals surface area contributed by atoms with Crippen molar-refractivity contribution in [3.05, 3.63) is 58.1 Å². The van der Waals surface area contributed by atoms with Gasteiger partial charge in [-0.05, 0) is 25.1 Å². The first-order valence-corrected chi connectivity index (χ1v) is 5.72. The van der Waals surface area contributed by atoms with Crippen molar-refractivity contribution in [2.75, 3.05) is 0 Å². The van der Waals surface area contributed by atoms with Crippen LogP contribution in [0.25, 0.3) is 16.7 Å². The van der Waals surface area contributed by atoms with E-state index in [0.29, 0.717) is 5.52 Å². The molecule has 1 heterocycles. The van der Waals surface area contributed by atoms with Gasteiger partial charge in [-0.25, -0.2) is 4.68 Å². The number of aromatic nitrogens is 3. The topological polar surface area (TPSA) is 73.8 Å². The number of hydrogen-bond acceptors (Lipinski definition) is 4. The maximum absolute atomic E-state index is 10.7. The molecule has 0 N–H and O–H groups in total. The molecule has 0 atom stereocenters. The van der Waals surface area contributed by atoms with Crippen LogP contribution in [0.5, 0.6) is 0 Å². The molecular formula is C13H10N4O2.